The second-order valence-electron chi connectivity index (χ2n) is 7.33. The molecule has 0 aliphatic heterocycles. The quantitative estimate of drug-likeness (QED) is 0.352. The van der Waals surface area contributed by atoms with E-state index in [1.54, 1.807) is 35.6 Å². The Morgan fingerprint density at radius 1 is 1.17 bits per heavy atom. The molecule has 0 fully saturated rings. The fourth-order valence-corrected chi connectivity index (χ4v) is 4.86. The lowest BCUT2D eigenvalue weighted by Crippen LogP contribution is -2.16. The van der Waals surface area contributed by atoms with Crippen molar-refractivity contribution in [2.24, 2.45) is 5.92 Å². The summed E-state index contributed by atoms with van der Waals surface area (Å²) in [4.78, 5) is 23.5. The second-order valence-corrected chi connectivity index (χ2v) is 9.69. The van der Waals surface area contributed by atoms with Crippen molar-refractivity contribution in [2.75, 3.05) is 11.1 Å². The number of nitrogens with one attached hydrogen (secondary N) is 1. The monoisotopic (exact) mass is 428 g/mol. The summed E-state index contributed by atoms with van der Waals surface area (Å²) < 4.78 is 11.7. The molecule has 0 saturated carbocycles. The maximum Gasteiger partial charge on any atom is 0.255 e. The number of hydrogen-bond donors (Lipinski definition) is 3. The van der Waals surface area contributed by atoms with Gasteiger partial charge in [-0.25, -0.2) is 0 Å². The molecule has 29 heavy (non-hydrogen) atoms. The van der Waals surface area contributed by atoms with Crippen molar-refractivity contribution in [1.29, 1.82) is 0 Å². The number of carbonyl (C=O) groups is 1. The van der Waals surface area contributed by atoms with Crippen molar-refractivity contribution < 1.29 is 14.3 Å². The summed E-state index contributed by atoms with van der Waals surface area (Å²) in [5.74, 6) is -0.178. The van der Waals surface area contributed by atoms with E-state index < -0.39 is 8.03 Å². The minimum absolute atomic E-state index is 0.0867. The first kappa shape index (κ1) is 21.3. The van der Waals surface area contributed by atoms with Crippen molar-refractivity contribution in [3.63, 3.8) is 0 Å². The van der Waals surface area contributed by atoms with Crippen LogP contribution in [0.3, 0.4) is 0 Å². The summed E-state index contributed by atoms with van der Waals surface area (Å²) >= 11 is 1.62. The summed E-state index contributed by atoms with van der Waals surface area (Å²) in [5, 5.41) is 4.89. The van der Waals surface area contributed by atoms with E-state index in [0.717, 1.165) is 16.0 Å². The predicted molar refractivity (Wildman–Crippen MR) is 122 cm³/mol. The molecule has 152 valence electrons. The molecule has 0 bridgehead atoms. The van der Waals surface area contributed by atoms with Crippen LogP contribution in [0.2, 0.25) is 0 Å². The minimum atomic E-state index is -2.65. The number of hydrogen-bond acceptors (Lipinski definition) is 4. The SMILES string of the molecule is CC(C)C(Cc1cccc(C(=O)Nc2cc(-c3cccs3)ccc2N)c1)[PH](=O)O. The van der Waals surface area contributed by atoms with Gasteiger partial charge in [-0.05, 0) is 59.2 Å². The van der Waals surface area contributed by atoms with E-state index >= 15 is 0 Å². The number of rotatable bonds is 7. The minimum Gasteiger partial charge on any atom is -0.397 e. The van der Waals surface area contributed by atoms with E-state index in [1.807, 2.05) is 49.6 Å². The topological polar surface area (TPSA) is 92.4 Å². The third kappa shape index (κ3) is 5.36. The van der Waals surface area contributed by atoms with Crippen LogP contribution in [-0.4, -0.2) is 16.5 Å². The van der Waals surface area contributed by atoms with Gasteiger partial charge in [0.05, 0.1) is 11.4 Å². The first-order valence-corrected chi connectivity index (χ1v) is 11.7. The highest BCUT2D eigenvalue weighted by Gasteiger charge is 2.20. The smallest absolute Gasteiger partial charge is 0.255 e. The molecule has 4 N–H and O–H groups in total. The molecule has 0 saturated heterocycles. The molecule has 3 aromatic rings. The fourth-order valence-electron chi connectivity index (χ4n) is 3.16. The summed E-state index contributed by atoms with van der Waals surface area (Å²) in [6.45, 7) is 3.87. The predicted octanol–water partition coefficient (Wildman–Crippen LogP) is 5.28. The Kier molecular flexibility index (Phi) is 6.91. The standard InChI is InChI=1S/C22H25N2O3PS/c1-14(2)20(28(26)27)12-15-5-3-6-17(11-15)22(25)24-19-13-16(8-9-18(19)23)21-7-4-10-29-21/h3-11,13-14,20,28H,12,23H2,1-2H3,(H,24,25)(H,26,27). The number of anilines is 2. The molecule has 1 aromatic heterocycles. The lowest BCUT2D eigenvalue weighted by Gasteiger charge is -2.18. The van der Waals surface area contributed by atoms with E-state index in [9.17, 15) is 14.3 Å². The first-order valence-electron chi connectivity index (χ1n) is 9.41. The van der Waals surface area contributed by atoms with Crippen LogP contribution in [0.1, 0.15) is 29.8 Å². The highest BCUT2D eigenvalue weighted by atomic mass is 32.1. The molecule has 1 heterocycles. The molecule has 0 aliphatic rings. The van der Waals surface area contributed by atoms with Gasteiger partial charge in [-0.3, -0.25) is 9.36 Å². The average Bonchev–Trinajstić information content (AvgIpc) is 3.22. The van der Waals surface area contributed by atoms with Crippen LogP contribution >= 0.6 is 19.4 Å². The third-order valence-electron chi connectivity index (χ3n) is 4.87. The van der Waals surface area contributed by atoms with Gasteiger partial charge in [-0.15, -0.1) is 11.3 Å². The van der Waals surface area contributed by atoms with Crippen molar-refractivity contribution in [3.05, 3.63) is 71.1 Å². The number of thiophene rings is 1. The highest BCUT2D eigenvalue weighted by Crippen LogP contribution is 2.32. The van der Waals surface area contributed by atoms with Crippen molar-refractivity contribution in [3.8, 4) is 10.4 Å². The Morgan fingerprint density at radius 2 is 1.97 bits per heavy atom. The zero-order valence-electron chi connectivity index (χ0n) is 16.4. The number of nitrogen functional groups attached to an aromatic ring is 1. The van der Waals surface area contributed by atoms with Crippen molar-refractivity contribution in [1.82, 2.24) is 0 Å². The van der Waals surface area contributed by atoms with Crippen LogP contribution in [-0.2, 0) is 11.0 Å². The Morgan fingerprint density at radius 3 is 2.62 bits per heavy atom. The lowest BCUT2D eigenvalue weighted by atomic mass is 10.00. The molecular formula is C22H25N2O3PS. The van der Waals surface area contributed by atoms with E-state index in [0.29, 0.717) is 23.4 Å². The fraction of sp³-hybridized carbons (Fsp3) is 0.227. The molecule has 7 heteroatoms. The largest absolute Gasteiger partial charge is 0.397 e. The summed E-state index contributed by atoms with van der Waals surface area (Å²) in [6.07, 6.45) is 0.461. The van der Waals surface area contributed by atoms with Crippen LogP contribution in [0.15, 0.2) is 60.0 Å². The zero-order chi connectivity index (χ0) is 21.0. The molecule has 1 amide bonds. The third-order valence-corrected chi connectivity index (χ3v) is 7.30. The molecule has 0 spiro atoms. The van der Waals surface area contributed by atoms with Gasteiger partial charge in [-0.1, -0.05) is 38.1 Å². The lowest BCUT2D eigenvalue weighted by molar-refractivity contribution is 0.102. The number of amides is 1. The van der Waals surface area contributed by atoms with Gasteiger partial charge >= 0.3 is 0 Å². The number of nitrogens with two attached hydrogens (primary N) is 1. The number of benzene rings is 2. The van der Waals surface area contributed by atoms with Crippen LogP contribution < -0.4 is 11.1 Å². The summed E-state index contributed by atoms with van der Waals surface area (Å²) in [5.41, 5.74) is 9.15. The van der Waals surface area contributed by atoms with Gasteiger partial charge in [0.1, 0.15) is 0 Å². The molecule has 2 aromatic carbocycles. The van der Waals surface area contributed by atoms with Crippen LogP contribution in [0, 0.1) is 5.92 Å². The molecule has 2 atom stereocenters. The first-order chi connectivity index (χ1) is 13.8. The van der Waals surface area contributed by atoms with Crippen molar-refractivity contribution >= 4 is 36.6 Å². The van der Waals surface area contributed by atoms with Crippen LogP contribution in [0.5, 0.6) is 0 Å². The Balaban J connectivity index is 1.80. The average molecular weight is 428 g/mol. The molecular weight excluding hydrogens is 403 g/mol. The van der Waals surface area contributed by atoms with Crippen LogP contribution in [0.4, 0.5) is 11.4 Å². The van der Waals surface area contributed by atoms with Gasteiger partial charge in [0.2, 0.25) is 0 Å². The molecule has 2 unspecified atom stereocenters. The number of carbonyl (C=O) groups excluding carboxylic acids is 1. The van der Waals surface area contributed by atoms with Crippen LogP contribution in [0.25, 0.3) is 10.4 Å². The maximum atomic E-state index is 12.8. The Labute approximate surface area is 175 Å². The van der Waals surface area contributed by atoms with E-state index in [4.69, 9.17) is 5.73 Å². The summed E-state index contributed by atoms with van der Waals surface area (Å²) in [6, 6.07) is 16.8. The highest BCUT2D eigenvalue weighted by molar-refractivity contribution is 7.38. The van der Waals surface area contributed by atoms with Gasteiger partial charge in [0.25, 0.3) is 5.91 Å². The molecule has 0 radical (unpaired) electrons. The Bertz CT molecular complexity index is 1020. The Hall–Kier alpha value is -2.40. The van der Waals surface area contributed by atoms with E-state index in [-0.39, 0.29) is 17.5 Å². The summed E-state index contributed by atoms with van der Waals surface area (Å²) in [7, 11) is -2.65. The maximum absolute atomic E-state index is 12.8. The zero-order valence-corrected chi connectivity index (χ0v) is 18.2. The van der Waals surface area contributed by atoms with Gasteiger partial charge in [0, 0.05) is 16.1 Å². The normalized spacial score (nSPS) is 13.2. The van der Waals surface area contributed by atoms with Gasteiger partial charge in [0.15, 0.2) is 8.03 Å². The van der Waals surface area contributed by atoms with Gasteiger partial charge in [-0.2, -0.15) is 0 Å². The molecule has 3 rings (SSSR count). The van der Waals surface area contributed by atoms with E-state index in [1.165, 1.54) is 0 Å². The molecule has 0 aliphatic carbocycles. The van der Waals surface area contributed by atoms with Crippen molar-refractivity contribution in [2.45, 2.75) is 25.9 Å². The molecule has 5 nitrogen and oxygen atoms in total. The van der Waals surface area contributed by atoms with E-state index in [2.05, 4.69) is 5.32 Å². The second kappa shape index (κ2) is 9.40. The van der Waals surface area contributed by atoms with Gasteiger partial charge < -0.3 is 15.9 Å².